The second kappa shape index (κ2) is 6.09. The molecular formula is C16H14O5. The van der Waals surface area contributed by atoms with Gasteiger partial charge in [-0.25, -0.2) is 9.59 Å². The minimum atomic E-state index is -1.01. The maximum atomic E-state index is 11.1. The van der Waals surface area contributed by atoms with Crippen molar-refractivity contribution >= 4 is 11.9 Å². The van der Waals surface area contributed by atoms with Gasteiger partial charge in [-0.15, -0.1) is 0 Å². The van der Waals surface area contributed by atoms with Crippen LogP contribution in [-0.2, 0) is 6.61 Å². The lowest BCUT2D eigenvalue weighted by atomic mass is 10.1. The van der Waals surface area contributed by atoms with Crippen molar-refractivity contribution in [2.24, 2.45) is 0 Å². The van der Waals surface area contributed by atoms with Crippen molar-refractivity contribution < 1.29 is 24.5 Å². The maximum Gasteiger partial charge on any atom is 0.336 e. The van der Waals surface area contributed by atoms with E-state index in [1.165, 1.54) is 18.2 Å². The number of aromatic carboxylic acids is 2. The number of benzene rings is 2. The molecule has 0 saturated heterocycles. The zero-order valence-corrected chi connectivity index (χ0v) is 11.4. The average Bonchev–Trinajstić information content (AvgIpc) is 2.46. The summed E-state index contributed by atoms with van der Waals surface area (Å²) in [4.78, 5) is 22.0. The van der Waals surface area contributed by atoms with Crippen molar-refractivity contribution in [2.75, 3.05) is 0 Å². The Kier molecular flexibility index (Phi) is 4.23. The first kappa shape index (κ1) is 14.6. The summed E-state index contributed by atoms with van der Waals surface area (Å²) in [6.45, 7) is 1.85. The van der Waals surface area contributed by atoms with Gasteiger partial charge in [0.25, 0.3) is 0 Å². The Morgan fingerprint density at radius 1 is 1.05 bits per heavy atom. The van der Waals surface area contributed by atoms with E-state index in [1.807, 2.05) is 0 Å². The molecule has 0 amide bonds. The molecule has 0 fully saturated rings. The second-order valence-corrected chi connectivity index (χ2v) is 4.54. The van der Waals surface area contributed by atoms with E-state index in [0.717, 1.165) is 0 Å². The number of hydrogen-bond acceptors (Lipinski definition) is 3. The zero-order valence-electron chi connectivity index (χ0n) is 11.4. The van der Waals surface area contributed by atoms with Crippen molar-refractivity contribution in [3.05, 3.63) is 64.7 Å². The molecule has 0 spiro atoms. The summed E-state index contributed by atoms with van der Waals surface area (Å²) in [5.41, 5.74) is 1.62. The molecule has 0 aromatic heterocycles. The quantitative estimate of drug-likeness (QED) is 0.882. The summed E-state index contributed by atoms with van der Waals surface area (Å²) < 4.78 is 5.59. The van der Waals surface area contributed by atoms with E-state index < -0.39 is 11.9 Å². The minimum Gasteiger partial charge on any atom is -0.489 e. The van der Waals surface area contributed by atoms with Gasteiger partial charge in [-0.05, 0) is 36.8 Å². The van der Waals surface area contributed by atoms with Gasteiger partial charge in [-0.2, -0.15) is 0 Å². The third-order valence-electron chi connectivity index (χ3n) is 3.05. The molecule has 2 aromatic rings. The van der Waals surface area contributed by atoms with E-state index in [9.17, 15) is 9.59 Å². The largest absolute Gasteiger partial charge is 0.489 e. The van der Waals surface area contributed by atoms with E-state index in [1.54, 1.807) is 31.2 Å². The molecule has 0 saturated carbocycles. The standard InChI is InChI=1S/C16H14O5/c1-10-8-11(15(17)18)6-7-14(10)21-9-12-4-2-3-5-13(12)16(19)20/h2-8H,9H2,1H3,(H,17,18)(H,19,20). The lowest BCUT2D eigenvalue weighted by Crippen LogP contribution is -2.06. The van der Waals surface area contributed by atoms with Crippen LogP contribution in [0.25, 0.3) is 0 Å². The Hall–Kier alpha value is -2.82. The normalized spacial score (nSPS) is 10.1. The summed E-state index contributed by atoms with van der Waals surface area (Å²) in [5, 5.41) is 18.0. The number of carbonyl (C=O) groups is 2. The molecular weight excluding hydrogens is 272 g/mol. The van der Waals surface area contributed by atoms with E-state index in [-0.39, 0.29) is 17.7 Å². The summed E-state index contributed by atoms with van der Waals surface area (Å²) in [6.07, 6.45) is 0. The molecule has 5 heteroatoms. The van der Waals surface area contributed by atoms with E-state index in [0.29, 0.717) is 16.9 Å². The van der Waals surface area contributed by atoms with E-state index in [2.05, 4.69) is 0 Å². The van der Waals surface area contributed by atoms with Gasteiger partial charge in [-0.1, -0.05) is 18.2 Å². The van der Waals surface area contributed by atoms with Crippen molar-refractivity contribution in [1.29, 1.82) is 0 Å². The average molecular weight is 286 g/mol. The van der Waals surface area contributed by atoms with Gasteiger partial charge in [0, 0.05) is 5.56 Å². The molecule has 2 aromatic carbocycles. The molecule has 0 unspecified atom stereocenters. The fraction of sp³-hybridized carbons (Fsp3) is 0.125. The SMILES string of the molecule is Cc1cc(C(=O)O)ccc1OCc1ccccc1C(=O)O. The monoisotopic (exact) mass is 286 g/mol. The van der Waals surface area contributed by atoms with Crippen LogP contribution in [0.3, 0.4) is 0 Å². The van der Waals surface area contributed by atoms with Crippen LogP contribution in [0.4, 0.5) is 0 Å². The lowest BCUT2D eigenvalue weighted by molar-refractivity contribution is 0.0684. The van der Waals surface area contributed by atoms with Gasteiger partial charge in [0.2, 0.25) is 0 Å². The van der Waals surface area contributed by atoms with Gasteiger partial charge in [0.15, 0.2) is 0 Å². The topological polar surface area (TPSA) is 83.8 Å². The Morgan fingerprint density at radius 3 is 2.38 bits per heavy atom. The predicted octanol–water partition coefficient (Wildman–Crippen LogP) is 2.97. The first-order valence-electron chi connectivity index (χ1n) is 6.27. The van der Waals surface area contributed by atoms with Gasteiger partial charge in [-0.3, -0.25) is 0 Å². The van der Waals surface area contributed by atoms with Crippen LogP contribution in [0.15, 0.2) is 42.5 Å². The van der Waals surface area contributed by atoms with Crippen LogP contribution in [0.1, 0.15) is 31.8 Å². The van der Waals surface area contributed by atoms with Crippen molar-refractivity contribution in [3.8, 4) is 5.75 Å². The fourth-order valence-corrected chi connectivity index (χ4v) is 1.95. The summed E-state index contributed by atoms with van der Waals surface area (Å²) in [7, 11) is 0. The first-order valence-corrected chi connectivity index (χ1v) is 6.27. The summed E-state index contributed by atoms with van der Waals surface area (Å²) >= 11 is 0. The molecule has 0 aliphatic carbocycles. The van der Waals surface area contributed by atoms with Crippen LogP contribution >= 0.6 is 0 Å². The van der Waals surface area contributed by atoms with Crippen molar-refractivity contribution in [2.45, 2.75) is 13.5 Å². The van der Waals surface area contributed by atoms with Gasteiger partial charge in [0.05, 0.1) is 11.1 Å². The number of ether oxygens (including phenoxy) is 1. The number of carboxylic acids is 2. The molecule has 0 aliphatic heterocycles. The molecule has 108 valence electrons. The Bertz CT molecular complexity index is 691. The predicted molar refractivity (Wildman–Crippen MR) is 75.9 cm³/mol. The number of hydrogen-bond donors (Lipinski definition) is 2. The molecule has 0 radical (unpaired) electrons. The lowest BCUT2D eigenvalue weighted by Gasteiger charge is -2.11. The first-order chi connectivity index (χ1) is 9.99. The molecule has 0 aliphatic rings. The zero-order chi connectivity index (χ0) is 15.4. The number of aryl methyl sites for hydroxylation is 1. The van der Waals surface area contributed by atoms with Crippen molar-refractivity contribution in [1.82, 2.24) is 0 Å². The molecule has 2 rings (SSSR count). The molecule has 0 heterocycles. The van der Waals surface area contributed by atoms with Crippen molar-refractivity contribution in [3.63, 3.8) is 0 Å². The van der Waals surface area contributed by atoms with Gasteiger partial charge >= 0.3 is 11.9 Å². The molecule has 2 N–H and O–H groups in total. The van der Waals surface area contributed by atoms with E-state index in [4.69, 9.17) is 14.9 Å². The summed E-state index contributed by atoms with van der Waals surface area (Å²) in [6, 6.07) is 11.1. The third kappa shape index (κ3) is 3.39. The highest BCUT2D eigenvalue weighted by molar-refractivity contribution is 5.89. The van der Waals surface area contributed by atoms with Crippen LogP contribution in [0.5, 0.6) is 5.75 Å². The van der Waals surface area contributed by atoms with Gasteiger partial charge < -0.3 is 14.9 Å². The third-order valence-corrected chi connectivity index (χ3v) is 3.05. The Labute approximate surface area is 121 Å². The Morgan fingerprint density at radius 2 is 1.76 bits per heavy atom. The van der Waals surface area contributed by atoms with Crippen LogP contribution in [0, 0.1) is 6.92 Å². The molecule has 0 atom stereocenters. The van der Waals surface area contributed by atoms with Crippen LogP contribution < -0.4 is 4.74 Å². The molecule has 5 nitrogen and oxygen atoms in total. The van der Waals surface area contributed by atoms with Gasteiger partial charge in [0.1, 0.15) is 12.4 Å². The molecule has 21 heavy (non-hydrogen) atoms. The number of rotatable bonds is 5. The maximum absolute atomic E-state index is 11.1. The van der Waals surface area contributed by atoms with Crippen LogP contribution in [0.2, 0.25) is 0 Å². The highest BCUT2D eigenvalue weighted by Crippen LogP contribution is 2.21. The second-order valence-electron chi connectivity index (χ2n) is 4.54. The minimum absolute atomic E-state index is 0.107. The highest BCUT2D eigenvalue weighted by atomic mass is 16.5. The number of carboxylic acid groups (broad SMARTS) is 2. The summed E-state index contributed by atoms with van der Waals surface area (Å²) in [5.74, 6) is -1.48. The highest BCUT2D eigenvalue weighted by Gasteiger charge is 2.11. The van der Waals surface area contributed by atoms with E-state index >= 15 is 0 Å². The smallest absolute Gasteiger partial charge is 0.336 e. The molecule has 0 bridgehead atoms. The Balaban J connectivity index is 2.17. The fourth-order valence-electron chi connectivity index (χ4n) is 1.95. The van der Waals surface area contributed by atoms with Crippen LogP contribution in [-0.4, -0.2) is 22.2 Å².